The van der Waals surface area contributed by atoms with Crippen LogP contribution < -0.4 is 10.6 Å². The number of hydrogen-bond acceptors (Lipinski definition) is 5. The van der Waals surface area contributed by atoms with E-state index in [-0.39, 0.29) is 11.9 Å². The highest BCUT2D eigenvalue weighted by molar-refractivity contribution is 8.00. The van der Waals surface area contributed by atoms with Crippen molar-refractivity contribution in [1.82, 2.24) is 10.6 Å². The summed E-state index contributed by atoms with van der Waals surface area (Å²) in [5, 5.41) is 6.13. The summed E-state index contributed by atoms with van der Waals surface area (Å²) in [6, 6.07) is 0.387. The smallest absolute Gasteiger partial charge is 0.326 e. The summed E-state index contributed by atoms with van der Waals surface area (Å²) in [7, 11) is 1.39. The number of nitrogens with one attached hydrogen (secondary N) is 2. The first kappa shape index (κ1) is 16.3. The average Bonchev–Trinajstić information content (AvgIpc) is 3.19. The molecule has 0 aromatic rings. The van der Waals surface area contributed by atoms with Gasteiger partial charge in [-0.1, -0.05) is 6.92 Å². The molecule has 5 nitrogen and oxygen atoms in total. The Labute approximate surface area is 119 Å². The first-order valence-corrected chi connectivity index (χ1v) is 7.88. The quantitative estimate of drug-likeness (QED) is 0.618. The standard InChI is InChI=1S/C13H24N2O3S/c1-4-7-14-13(2,12(17)18-3)9-19-8-11(16)15-10-5-6-10/h10,14H,4-9H2,1-3H3,(H,15,16). The Bertz CT molecular complexity index is 321. The molecule has 1 rings (SSSR count). The number of thioether (sulfide) groups is 1. The van der Waals surface area contributed by atoms with Crippen LogP contribution in [0.1, 0.15) is 33.1 Å². The summed E-state index contributed by atoms with van der Waals surface area (Å²) >= 11 is 1.46. The summed E-state index contributed by atoms with van der Waals surface area (Å²) in [6.45, 7) is 4.61. The van der Waals surface area contributed by atoms with Crippen molar-refractivity contribution in [1.29, 1.82) is 0 Å². The highest BCUT2D eigenvalue weighted by atomic mass is 32.2. The van der Waals surface area contributed by atoms with E-state index in [1.54, 1.807) is 0 Å². The predicted molar refractivity (Wildman–Crippen MR) is 77.2 cm³/mol. The Hall–Kier alpha value is -0.750. The zero-order chi connectivity index (χ0) is 14.3. The molecule has 6 heteroatoms. The minimum atomic E-state index is -0.727. The topological polar surface area (TPSA) is 67.4 Å². The number of hydrogen-bond donors (Lipinski definition) is 2. The largest absolute Gasteiger partial charge is 0.468 e. The van der Waals surface area contributed by atoms with Crippen LogP contribution in [0.2, 0.25) is 0 Å². The Balaban J connectivity index is 2.34. The van der Waals surface area contributed by atoms with E-state index < -0.39 is 5.54 Å². The van der Waals surface area contributed by atoms with Crippen molar-refractivity contribution in [3.63, 3.8) is 0 Å². The van der Waals surface area contributed by atoms with E-state index in [4.69, 9.17) is 4.74 Å². The molecular formula is C13H24N2O3S. The summed E-state index contributed by atoms with van der Waals surface area (Å²) in [5.41, 5.74) is -0.727. The van der Waals surface area contributed by atoms with E-state index in [0.717, 1.165) is 25.8 Å². The van der Waals surface area contributed by atoms with Gasteiger partial charge in [-0.25, -0.2) is 0 Å². The van der Waals surface area contributed by atoms with Crippen molar-refractivity contribution in [3.8, 4) is 0 Å². The predicted octanol–water partition coefficient (Wildman–Crippen LogP) is 0.929. The molecule has 0 aromatic carbocycles. The maximum Gasteiger partial charge on any atom is 0.326 e. The SMILES string of the molecule is CCCNC(C)(CSCC(=O)NC1CC1)C(=O)OC. The van der Waals surface area contributed by atoms with Crippen molar-refractivity contribution < 1.29 is 14.3 Å². The third kappa shape index (κ3) is 5.82. The Morgan fingerprint density at radius 2 is 2.11 bits per heavy atom. The third-order valence-electron chi connectivity index (χ3n) is 2.97. The highest BCUT2D eigenvalue weighted by Gasteiger charge is 2.33. The summed E-state index contributed by atoms with van der Waals surface area (Å²) in [4.78, 5) is 23.4. The van der Waals surface area contributed by atoms with Crippen LogP contribution in [-0.2, 0) is 14.3 Å². The van der Waals surface area contributed by atoms with Crippen molar-refractivity contribution >= 4 is 23.6 Å². The van der Waals surface area contributed by atoms with Crippen LogP contribution in [-0.4, -0.2) is 48.6 Å². The maximum atomic E-state index is 11.8. The van der Waals surface area contributed by atoms with Crippen LogP contribution in [0.25, 0.3) is 0 Å². The van der Waals surface area contributed by atoms with E-state index >= 15 is 0 Å². The lowest BCUT2D eigenvalue weighted by molar-refractivity contribution is -0.146. The molecular weight excluding hydrogens is 264 g/mol. The van der Waals surface area contributed by atoms with Gasteiger partial charge in [0.1, 0.15) is 5.54 Å². The summed E-state index contributed by atoms with van der Waals surface area (Å²) < 4.78 is 4.83. The third-order valence-corrected chi connectivity index (χ3v) is 4.22. The molecule has 2 N–H and O–H groups in total. The lowest BCUT2D eigenvalue weighted by atomic mass is 10.1. The molecule has 0 bridgehead atoms. The van der Waals surface area contributed by atoms with Crippen molar-refractivity contribution in [2.75, 3.05) is 25.2 Å². The van der Waals surface area contributed by atoms with Gasteiger partial charge in [-0.15, -0.1) is 11.8 Å². The zero-order valence-corrected chi connectivity index (χ0v) is 12.8. The minimum absolute atomic E-state index is 0.0511. The Morgan fingerprint density at radius 3 is 2.63 bits per heavy atom. The van der Waals surface area contributed by atoms with E-state index in [1.165, 1.54) is 18.9 Å². The first-order chi connectivity index (χ1) is 9.01. The van der Waals surface area contributed by atoms with Gasteiger partial charge >= 0.3 is 5.97 Å². The second kappa shape index (κ2) is 7.75. The molecule has 0 aromatic heterocycles. The summed E-state index contributed by atoms with van der Waals surface area (Å²) in [5.74, 6) is 0.681. The van der Waals surface area contributed by atoms with E-state index in [0.29, 0.717) is 17.5 Å². The molecule has 19 heavy (non-hydrogen) atoms. The van der Waals surface area contributed by atoms with E-state index in [1.807, 2.05) is 13.8 Å². The molecule has 1 aliphatic rings. The molecule has 0 radical (unpaired) electrons. The molecule has 0 heterocycles. The number of methoxy groups -OCH3 is 1. The zero-order valence-electron chi connectivity index (χ0n) is 12.0. The lowest BCUT2D eigenvalue weighted by Gasteiger charge is -2.27. The average molecular weight is 288 g/mol. The van der Waals surface area contributed by atoms with Crippen LogP contribution in [0.3, 0.4) is 0 Å². The van der Waals surface area contributed by atoms with Gasteiger partial charge < -0.3 is 15.4 Å². The van der Waals surface area contributed by atoms with Crippen LogP contribution in [0.4, 0.5) is 0 Å². The Morgan fingerprint density at radius 1 is 1.42 bits per heavy atom. The lowest BCUT2D eigenvalue weighted by Crippen LogP contribution is -2.52. The van der Waals surface area contributed by atoms with Crippen LogP contribution in [0, 0.1) is 0 Å². The molecule has 1 aliphatic carbocycles. The number of rotatable bonds is 9. The second-order valence-electron chi connectivity index (χ2n) is 5.09. The molecule has 0 saturated heterocycles. The maximum absolute atomic E-state index is 11.8. The molecule has 110 valence electrons. The first-order valence-electron chi connectivity index (χ1n) is 6.72. The number of carbonyl (C=O) groups is 2. The number of amides is 1. The molecule has 0 spiro atoms. The van der Waals surface area contributed by atoms with Crippen molar-refractivity contribution in [2.24, 2.45) is 0 Å². The van der Waals surface area contributed by atoms with Crippen molar-refractivity contribution in [3.05, 3.63) is 0 Å². The number of carbonyl (C=O) groups excluding carboxylic acids is 2. The van der Waals surface area contributed by atoms with E-state index in [2.05, 4.69) is 10.6 Å². The fourth-order valence-corrected chi connectivity index (χ4v) is 2.65. The van der Waals surface area contributed by atoms with Crippen molar-refractivity contribution in [2.45, 2.75) is 44.7 Å². The second-order valence-corrected chi connectivity index (χ2v) is 6.07. The highest BCUT2D eigenvalue weighted by Crippen LogP contribution is 2.19. The van der Waals surface area contributed by atoms with Gasteiger partial charge in [-0.2, -0.15) is 0 Å². The fourth-order valence-electron chi connectivity index (χ4n) is 1.65. The minimum Gasteiger partial charge on any atom is -0.468 e. The number of esters is 1. The van der Waals surface area contributed by atoms with E-state index in [9.17, 15) is 9.59 Å². The molecule has 0 aliphatic heterocycles. The summed E-state index contributed by atoms with van der Waals surface area (Å²) in [6.07, 6.45) is 3.13. The monoisotopic (exact) mass is 288 g/mol. The van der Waals surface area contributed by atoms with Gasteiger partial charge in [0.2, 0.25) is 5.91 Å². The fraction of sp³-hybridized carbons (Fsp3) is 0.846. The van der Waals surface area contributed by atoms with Gasteiger partial charge in [0, 0.05) is 11.8 Å². The van der Waals surface area contributed by atoms with Gasteiger partial charge in [0.15, 0.2) is 0 Å². The molecule has 1 atom stereocenters. The molecule has 1 saturated carbocycles. The van der Waals surface area contributed by atoms with Crippen LogP contribution in [0.15, 0.2) is 0 Å². The van der Waals surface area contributed by atoms with Crippen LogP contribution in [0.5, 0.6) is 0 Å². The van der Waals surface area contributed by atoms with Gasteiger partial charge in [-0.3, -0.25) is 9.59 Å². The number of ether oxygens (including phenoxy) is 1. The Kier molecular flexibility index (Phi) is 6.65. The molecule has 1 amide bonds. The normalized spacial score (nSPS) is 17.6. The van der Waals surface area contributed by atoms with Crippen LogP contribution >= 0.6 is 11.8 Å². The van der Waals surface area contributed by atoms with Gasteiger partial charge in [-0.05, 0) is 32.7 Å². The van der Waals surface area contributed by atoms with Gasteiger partial charge in [0.25, 0.3) is 0 Å². The van der Waals surface area contributed by atoms with Gasteiger partial charge in [0.05, 0.1) is 12.9 Å². The molecule has 1 fully saturated rings. The molecule has 1 unspecified atom stereocenters.